The molecule has 3 heteroatoms. The van der Waals surface area contributed by atoms with Gasteiger partial charge < -0.3 is 4.43 Å². The highest BCUT2D eigenvalue weighted by atomic mass is 32.3. The Morgan fingerprint density at radius 1 is 0.947 bits per heavy atom. The van der Waals surface area contributed by atoms with Crippen molar-refractivity contribution in [1.82, 2.24) is 0 Å². The molecule has 2 aromatic carbocycles. The van der Waals surface area contributed by atoms with E-state index in [1.54, 1.807) is 0 Å². The third-order valence-corrected chi connectivity index (χ3v) is 5.83. The lowest BCUT2D eigenvalue weighted by atomic mass is 10.0. The fourth-order valence-electron chi connectivity index (χ4n) is 2.08. The maximum atomic E-state index is 6.27. The molecule has 0 fully saturated rings. The zero-order valence-electron chi connectivity index (χ0n) is 11.2. The molecule has 0 N–H and O–H groups in total. The van der Waals surface area contributed by atoms with Gasteiger partial charge in [-0.05, 0) is 17.2 Å². The summed E-state index contributed by atoms with van der Waals surface area (Å²) < 4.78 is 6.27. The molecule has 0 saturated carbocycles. The van der Waals surface area contributed by atoms with E-state index in [2.05, 4.69) is 67.5 Å². The first kappa shape index (κ1) is 14.4. The Labute approximate surface area is 122 Å². The number of hydrogen-bond acceptors (Lipinski definition) is 2. The molecule has 0 spiro atoms. The maximum absolute atomic E-state index is 6.27. The zero-order valence-corrected chi connectivity index (χ0v) is 13.2. The Kier molecular flexibility index (Phi) is 5.70. The van der Waals surface area contributed by atoms with Crippen molar-refractivity contribution >= 4 is 20.3 Å². The molecule has 0 heterocycles. The minimum absolute atomic E-state index is 0.0168. The second-order valence-electron chi connectivity index (χ2n) is 4.58. The van der Waals surface area contributed by atoms with Crippen molar-refractivity contribution in [2.24, 2.45) is 0 Å². The smallest absolute Gasteiger partial charge is 0.236 e. The van der Waals surface area contributed by atoms with Crippen LogP contribution in [0, 0.1) is 0 Å². The molecule has 0 amide bonds. The van der Waals surface area contributed by atoms with Crippen molar-refractivity contribution < 1.29 is 4.43 Å². The van der Waals surface area contributed by atoms with Crippen LogP contribution in [0.4, 0.5) is 0 Å². The van der Waals surface area contributed by atoms with Crippen LogP contribution in [0.15, 0.2) is 60.7 Å². The van der Waals surface area contributed by atoms with E-state index >= 15 is 0 Å². The highest BCUT2D eigenvalue weighted by Crippen LogP contribution is 2.27. The molecule has 1 unspecified atom stereocenters. The van der Waals surface area contributed by atoms with Crippen LogP contribution >= 0.6 is 12.1 Å². The molecule has 0 aliphatic heterocycles. The minimum Gasteiger partial charge on any atom is -0.399 e. The van der Waals surface area contributed by atoms with Crippen LogP contribution in [0.2, 0.25) is 6.04 Å². The lowest BCUT2D eigenvalue weighted by Crippen LogP contribution is -2.16. The maximum Gasteiger partial charge on any atom is 0.236 e. The molecular formula is C16H20OSSi. The monoisotopic (exact) mass is 288 g/mol. The van der Waals surface area contributed by atoms with Gasteiger partial charge in [-0.25, -0.2) is 0 Å². The van der Waals surface area contributed by atoms with Gasteiger partial charge in [-0.3, -0.25) is 0 Å². The van der Waals surface area contributed by atoms with E-state index < -0.39 is 8.19 Å². The predicted octanol–water partition coefficient (Wildman–Crippen LogP) is 4.35. The van der Waals surface area contributed by atoms with Crippen molar-refractivity contribution in [2.45, 2.75) is 25.5 Å². The largest absolute Gasteiger partial charge is 0.399 e. The average molecular weight is 288 g/mol. The first-order valence-electron chi connectivity index (χ1n) is 6.74. The lowest BCUT2D eigenvalue weighted by molar-refractivity contribution is 0.257. The van der Waals surface area contributed by atoms with Crippen LogP contribution in [0.3, 0.4) is 0 Å². The van der Waals surface area contributed by atoms with Crippen LogP contribution in [-0.4, -0.2) is 8.19 Å². The van der Waals surface area contributed by atoms with Crippen molar-refractivity contribution in [3.63, 3.8) is 0 Å². The standard InChI is InChI=1S/C16H20OSSi/c1-2-13-19(18)17-16(14-9-5-3-6-10-14)15-11-7-4-8-12-15/h3-12,16,18-19H,2,13H2,1H3. The second-order valence-corrected chi connectivity index (χ2v) is 8.07. The molecule has 0 bridgehead atoms. The number of thiol groups is 1. The normalized spacial score (nSPS) is 12.6. The summed E-state index contributed by atoms with van der Waals surface area (Å²) in [6.07, 6.45) is 1.15. The van der Waals surface area contributed by atoms with Gasteiger partial charge in [0.2, 0.25) is 8.19 Å². The van der Waals surface area contributed by atoms with Crippen LogP contribution in [-0.2, 0) is 4.43 Å². The quantitative estimate of drug-likeness (QED) is 0.614. The number of hydrogen-bond donors (Lipinski definition) is 1. The Balaban J connectivity index is 2.24. The van der Waals surface area contributed by atoms with Crippen LogP contribution < -0.4 is 0 Å². The third kappa shape index (κ3) is 4.23. The van der Waals surface area contributed by atoms with Gasteiger partial charge in [0.1, 0.15) is 0 Å². The first-order chi connectivity index (χ1) is 9.31. The summed E-state index contributed by atoms with van der Waals surface area (Å²) in [7, 11) is -1.41. The summed E-state index contributed by atoms with van der Waals surface area (Å²) >= 11 is 4.67. The average Bonchev–Trinajstić information content (AvgIpc) is 2.47. The molecule has 19 heavy (non-hydrogen) atoms. The van der Waals surface area contributed by atoms with E-state index in [9.17, 15) is 0 Å². The summed E-state index contributed by atoms with van der Waals surface area (Å²) in [5.41, 5.74) is 2.41. The highest BCUT2D eigenvalue weighted by Gasteiger charge is 2.18. The van der Waals surface area contributed by atoms with E-state index in [0.717, 1.165) is 12.5 Å². The van der Waals surface area contributed by atoms with E-state index in [0.29, 0.717) is 0 Å². The fraction of sp³-hybridized carbons (Fsp3) is 0.250. The number of rotatable bonds is 6. The molecule has 1 atom stereocenters. The second kappa shape index (κ2) is 7.53. The van der Waals surface area contributed by atoms with E-state index in [4.69, 9.17) is 4.43 Å². The Bertz CT molecular complexity index is 435. The summed E-state index contributed by atoms with van der Waals surface area (Å²) in [5, 5.41) is 0. The Hall–Kier alpha value is -1.03. The Morgan fingerprint density at radius 3 is 1.84 bits per heavy atom. The van der Waals surface area contributed by atoms with Gasteiger partial charge in [0.05, 0.1) is 6.10 Å². The fourth-order valence-corrected chi connectivity index (χ4v) is 4.48. The zero-order chi connectivity index (χ0) is 13.5. The SMILES string of the molecule is CCC[SiH](S)OC(c1ccccc1)c1ccccc1. The van der Waals surface area contributed by atoms with Gasteiger partial charge in [-0.2, -0.15) is 12.1 Å². The molecular weight excluding hydrogens is 268 g/mol. The van der Waals surface area contributed by atoms with Crippen molar-refractivity contribution in [3.05, 3.63) is 71.8 Å². The molecule has 0 aliphatic rings. The van der Waals surface area contributed by atoms with E-state index in [1.165, 1.54) is 11.1 Å². The summed E-state index contributed by atoms with van der Waals surface area (Å²) in [6.45, 7) is 2.18. The van der Waals surface area contributed by atoms with Gasteiger partial charge in [0.25, 0.3) is 0 Å². The molecule has 0 aromatic heterocycles. The third-order valence-electron chi connectivity index (χ3n) is 3.03. The van der Waals surface area contributed by atoms with Gasteiger partial charge in [0.15, 0.2) is 0 Å². The first-order valence-corrected chi connectivity index (χ1v) is 10.1. The number of benzene rings is 2. The molecule has 2 rings (SSSR count). The minimum atomic E-state index is -1.41. The predicted molar refractivity (Wildman–Crippen MR) is 87.0 cm³/mol. The van der Waals surface area contributed by atoms with Crippen molar-refractivity contribution in [2.75, 3.05) is 0 Å². The van der Waals surface area contributed by atoms with Crippen LogP contribution in [0.25, 0.3) is 0 Å². The molecule has 0 saturated heterocycles. The van der Waals surface area contributed by atoms with Crippen LogP contribution in [0.5, 0.6) is 0 Å². The van der Waals surface area contributed by atoms with Crippen molar-refractivity contribution in [3.8, 4) is 0 Å². The summed E-state index contributed by atoms with van der Waals surface area (Å²) in [5.74, 6) is 0. The van der Waals surface area contributed by atoms with Gasteiger partial charge >= 0.3 is 0 Å². The van der Waals surface area contributed by atoms with E-state index in [1.807, 2.05) is 12.1 Å². The van der Waals surface area contributed by atoms with Gasteiger partial charge in [-0.15, -0.1) is 0 Å². The Morgan fingerprint density at radius 2 is 1.42 bits per heavy atom. The molecule has 2 aromatic rings. The van der Waals surface area contributed by atoms with Gasteiger partial charge in [-0.1, -0.05) is 74.0 Å². The van der Waals surface area contributed by atoms with Crippen LogP contribution in [0.1, 0.15) is 30.6 Å². The van der Waals surface area contributed by atoms with Gasteiger partial charge in [0, 0.05) is 0 Å². The molecule has 100 valence electrons. The van der Waals surface area contributed by atoms with Crippen molar-refractivity contribution in [1.29, 1.82) is 0 Å². The van der Waals surface area contributed by atoms with E-state index in [-0.39, 0.29) is 6.10 Å². The summed E-state index contributed by atoms with van der Waals surface area (Å²) in [4.78, 5) is 0. The summed E-state index contributed by atoms with van der Waals surface area (Å²) in [6, 6.07) is 21.9. The molecule has 0 radical (unpaired) electrons. The topological polar surface area (TPSA) is 9.23 Å². The lowest BCUT2D eigenvalue weighted by Gasteiger charge is -2.22. The highest BCUT2D eigenvalue weighted by molar-refractivity contribution is 8.09. The molecule has 0 aliphatic carbocycles. The molecule has 1 nitrogen and oxygen atoms in total.